The van der Waals surface area contributed by atoms with Gasteiger partial charge in [0, 0.05) is 19.6 Å². The second-order valence-electron chi connectivity index (χ2n) is 3.20. The van der Waals surface area contributed by atoms with E-state index in [1.807, 2.05) is 0 Å². The van der Waals surface area contributed by atoms with Gasteiger partial charge in [0.25, 0.3) is 0 Å². The number of carbonyl (C=O) groups excluding carboxylic acids is 1. The van der Waals surface area contributed by atoms with Crippen LogP contribution < -0.4 is 5.32 Å². The predicted molar refractivity (Wildman–Crippen MR) is 52.1 cm³/mol. The van der Waals surface area contributed by atoms with Crippen molar-refractivity contribution < 1.29 is 14.3 Å². The molecule has 0 aromatic rings. The maximum atomic E-state index is 11.0. The molecule has 82 valence electrons. The van der Waals surface area contributed by atoms with Crippen LogP contribution in [0.5, 0.6) is 0 Å². The van der Waals surface area contributed by atoms with Crippen molar-refractivity contribution in [1.29, 1.82) is 0 Å². The Hall–Kier alpha value is -0.650. The number of rotatable bonds is 5. The van der Waals surface area contributed by atoms with Gasteiger partial charge in [-0.05, 0) is 7.05 Å². The third-order valence-corrected chi connectivity index (χ3v) is 2.10. The maximum absolute atomic E-state index is 11.0. The van der Waals surface area contributed by atoms with Gasteiger partial charge in [-0.25, -0.2) is 0 Å². The van der Waals surface area contributed by atoms with Crippen molar-refractivity contribution in [3.8, 4) is 0 Å². The number of hydrogen-bond acceptors (Lipinski definition) is 5. The van der Waals surface area contributed by atoms with Gasteiger partial charge in [0.05, 0.1) is 19.8 Å². The molecule has 1 rings (SSSR count). The van der Waals surface area contributed by atoms with Crippen LogP contribution in [-0.4, -0.2) is 63.9 Å². The van der Waals surface area contributed by atoms with Crippen molar-refractivity contribution in [2.24, 2.45) is 0 Å². The smallest absolute Gasteiger partial charge is 0.319 e. The van der Waals surface area contributed by atoms with Crippen LogP contribution in [0.1, 0.15) is 0 Å². The van der Waals surface area contributed by atoms with Gasteiger partial charge in [-0.1, -0.05) is 0 Å². The van der Waals surface area contributed by atoms with E-state index in [1.165, 1.54) is 0 Å². The number of morpholine rings is 1. The Labute approximate surface area is 84.4 Å². The minimum atomic E-state index is -0.194. The monoisotopic (exact) mass is 202 g/mol. The number of ether oxygens (including phenoxy) is 2. The molecule has 0 spiro atoms. The van der Waals surface area contributed by atoms with E-state index in [0.29, 0.717) is 6.61 Å². The predicted octanol–water partition coefficient (Wildman–Crippen LogP) is -0.919. The molecular formula is C9H18N2O3. The largest absolute Gasteiger partial charge is 0.463 e. The van der Waals surface area contributed by atoms with Crippen LogP contribution in [-0.2, 0) is 14.3 Å². The lowest BCUT2D eigenvalue weighted by Crippen LogP contribution is -2.38. The highest BCUT2D eigenvalue weighted by atomic mass is 16.5. The molecule has 0 amide bonds. The zero-order chi connectivity index (χ0) is 10.2. The molecule has 1 aliphatic heterocycles. The molecule has 1 heterocycles. The topological polar surface area (TPSA) is 50.8 Å². The molecule has 0 atom stereocenters. The van der Waals surface area contributed by atoms with Gasteiger partial charge in [-0.3, -0.25) is 9.69 Å². The van der Waals surface area contributed by atoms with Gasteiger partial charge in [0.15, 0.2) is 0 Å². The Morgan fingerprint density at radius 2 is 2.21 bits per heavy atom. The summed E-state index contributed by atoms with van der Waals surface area (Å²) in [5.74, 6) is -0.194. The fourth-order valence-electron chi connectivity index (χ4n) is 1.31. The van der Waals surface area contributed by atoms with Gasteiger partial charge in [-0.15, -0.1) is 0 Å². The summed E-state index contributed by atoms with van der Waals surface area (Å²) in [5.41, 5.74) is 0. The zero-order valence-corrected chi connectivity index (χ0v) is 8.62. The highest BCUT2D eigenvalue weighted by Gasteiger charge is 2.10. The van der Waals surface area contributed by atoms with E-state index in [-0.39, 0.29) is 12.5 Å². The van der Waals surface area contributed by atoms with E-state index in [9.17, 15) is 4.79 Å². The summed E-state index contributed by atoms with van der Waals surface area (Å²) in [6, 6.07) is 0. The van der Waals surface area contributed by atoms with Crippen molar-refractivity contribution in [1.82, 2.24) is 10.2 Å². The Bertz CT molecular complexity index is 169. The normalized spacial score (nSPS) is 18.1. The second-order valence-corrected chi connectivity index (χ2v) is 3.20. The summed E-state index contributed by atoms with van der Waals surface area (Å²) in [4.78, 5) is 13.2. The number of esters is 1. The molecule has 5 nitrogen and oxygen atoms in total. The number of hydrogen-bond donors (Lipinski definition) is 1. The minimum Gasteiger partial charge on any atom is -0.463 e. The molecule has 0 aromatic heterocycles. The van der Waals surface area contributed by atoms with Crippen molar-refractivity contribution in [3.05, 3.63) is 0 Å². The molecule has 1 aliphatic rings. The lowest BCUT2D eigenvalue weighted by molar-refractivity contribution is -0.143. The first-order valence-corrected chi connectivity index (χ1v) is 4.93. The van der Waals surface area contributed by atoms with Crippen LogP contribution in [0.4, 0.5) is 0 Å². The van der Waals surface area contributed by atoms with E-state index in [2.05, 4.69) is 10.2 Å². The molecule has 5 heteroatoms. The van der Waals surface area contributed by atoms with Gasteiger partial charge in [0.2, 0.25) is 0 Å². The van der Waals surface area contributed by atoms with Gasteiger partial charge >= 0.3 is 5.97 Å². The number of carbonyl (C=O) groups is 1. The summed E-state index contributed by atoms with van der Waals surface area (Å²) in [5, 5.41) is 2.75. The second kappa shape index (κ2) is 6.75. The van der Waals surface area contributed by atoms with Crippen molar-refractivity contribution in [2.75, 3.05) is 53.0 Å². The number of nitrogens with one attached hydrogen (secondary N) is 1. The molecule has 1 N–H and O–H groups in total. The Morgan fingerprint density at radius 3 is 2.86 bits per heavy atom. The molecular weight excluding hydrogens is 184 g/mol. The summed E-state index contributed by atoms with van der Waals surface area (Å²) in [6.07, 6.45) is 0. The van der Waals surface area contributed by atoms with E-state index in [1.54, 1.807) is 7.05 Å². The van der Waals surface area contributed by atoms with Crippen molar-refractivity contribution >= 4 is 5.97 Å². The molecule has 0 radical (unpaired) electrons. The molecule has 14 heavy (non-hydrogen) atoms. The molecule has 1 fully saturated rings. The fraction of sp³-hybridized carbons (Fsp3) is 0.889. The first-order chi connectivity index (χ1) is 6.83. The van der Waals surface area contributed by atoms with Gasteiger partial charge in [-0.2, -0.15) is 0 Å². The Morgan fingerprint density at radius 1 is 1.50 bits per heavy atom. The summed E-state index contributed by atoms with van der Waals surface area (Å²) in [6.45, 7) is 4.99. The standard InChI is InChI=1S/C9H18N2O3/c1-10-8-9(12)14-7-4-11-2-5-13-6-3-11/h10H,2-8H2,1H3. The van der Waals surface area contributed by atoms with Crippen molar-refractivity contribution in [2.45, 2.75) is 0 Å². The van der Waals surface area contributed by atoms with Crippen LogP contribution in [0, 0.1) is 0 Å². The van der Waals surface area contributed by atoms with Crippen LogP contribution in [0.15, 0.2) is 0 Å². The Kier molecular flexibility index (Phi) is 5.51. The first-order valence-electron chi connectivity index (χ1n) is 4.93. The molecule has 0 unspecified atom stereocenters. The van der Waals surface area contributed by atoms with E-state index >= 15 is 0 Å². The van der Waals surface area contributed by atoms with Crippen LogP contribution >= 0.6 is 0 Å². The van der Waals surface area contributed by atoms with Crippen LogP contribution in [0.25, 0.3) is 0 Å². The number of nitrogens with zero attached hydrogens (tertiary/aromatic N) is 1. The third kappa shape index (κ3) is 4.55. The SMILES string of the molecule is CNCC(=O)OCCN1CCOCC1. The Balaban J connectivity index is 1.99. The third-order valence-electron chi connectivity index (χ3n) is 2.10. The quantitative estimate of drug-likeness (QED) is 0.584. The van der Waals surface area contributed by atoms with Gasteiger partial charge in [0.1, 0.15) is 6.61 Å². The van der Waals surface area contributed by atoms with E-state index in [0.717, 1.165) is 32.8 Å². The zero-order valence-electron chi connectivity index (χ0n) is 8.62. The van der Waals surface area contributed by atoms with Gasteiger partial charge < -0.3 is 14.8 Å². The molecule has 0 saturated carbocycles. The summed E-state index contributed by atoms with van der Waals surface area (Å²) >= 11 is 0. The highest BCUT2D eigenvalue weighted by molar-refractivity contribution is 5.71. The minimum absolute atomic E-state index is 0.194. The average Bonchev–Trinajstić information content (AvgIpc) is 2.20. The summed E-state index contributed by atoms with van der Waals surface area (Å²) < 4.78 is 10.2. The average molecular weight is 202 g/mol. The molecule has 0 aromatic carbocycles. The first kappa shape index (κ1) is 11.4. The molecule has 1 saturated heterocycles. The van der Waals surface area contributed by atoms with Crippen molar-refractivity contribution in [3.63, 3.8) is 0 Å². The summed E-state index contributed by atoms with van der Waals surface area (Å²) in [7, 11) is 1.73. The molecule has 0 aliphatic carbocycles. The number of likely N-dealkylation sites (N-methyl/N-ethyl adjacent to an activating group) is 1. The lowest BCUT2D eigenvalue weighted by Gasteiger charge is -2.26. The maximum Gasteiger partial charge on any atom is 0.319 e. The molecule has 0 bridgehead atoms. The van der Waals surface area contributed by atoms with E-state index in [4.69, 9.17) is 9.47 Å². The fourth-order valence-corrected chi connectivity index (χ4v) is 1.31. The highest BCUT2D eigenvalue weighted by Crippen LogP contribution is 1.95. The van der Waals surface area contributed by atoms with E-state index < -0.39 is 0 Å². The van der Waals surface area contributed by atoms with Crippen LogP contribution in [0.3, 0.4) is 0 Å². The van der Waals surface area contributed by atoms with Crippen LogP contribution in [0.2, 0.25) is 0 Å². The lowest BCUT2D eigenvalue weighted by atomic mass is 10.4.